The molecule has 1 atom stereocenters. The third-order valence-corrected chi connectivity index (χ3v) is 10.6. The quantitative estimate of drug-likeness (QED) is 0.197. The van der Waals surface area contributed by atoms with Crippen LogP contribution in [0.15, 0.2) is 97.6 Å². The van der Waals surface area contributed by atoms with Crippen molar-refractivity contribution in [2.75, 3.05) is 57.8 Å². The summed E-state index contributed by atoms with van der Waals surface area (Å²) in [5.74, 6) is 1.54. The summed E-state index contributed by atoms with van der Waals surface area (Å²) in [5, 5.41) is 15.9. The van der Waals surface area contributed by atoms with Crippen LogP contribution >= 0.6 is 0 Å². The Morgan fingerprint density at radius 1 is 0.902 bits per heavy atom. The van der Waals surface area contributed by atoms with Gasteiger partial charge < -0.3 is 24.0 Å². The minimum absolute atomic E-state index is 0.0413. The molecule has 0 N–H and O–H groups in total. The zero-order chi connectivity index (χ0) is 34.6. The SMILES string of the molecule is COc1ccc(-n2cnnn2)cc1C(=O)N1CC[C@](CCN2CCCN(c3nc4ccccc4n3CCn3cccn3)CC2)(c2ccccc2)C1. The number of para-hydroxylation sites is 2. The van der Waals surface area contributed by atoms with Crippen molar-refractivity contribution in [2.45, 2.75) is 37.8 Å². The molecule has 0 spiro atoms. The van der Waals surface area contributed by atoms with Crippen LogP contribution < -0.4 is 9.64 Å². The molecule has 262 valence electrons. The van der Waals surface area contributed by atoms with E-state index < -0.39 is 0 Å². The van der Waals surface area contributed by atoms with Gasteiger partial charge >= 0.3 is 0 Å². The maximum atomic E-state index is 14.2. The lowest BCUT2D eigenvalue weighted by Crippen LogP contribution is -2.39. The van der Waals surface area contributed by atoms with Crippen molar-refractivity contribution in [1.82, 2.24) is 49.3 Å². The molecule has 3 aromatic heterocycles. The van der Waals surface area contributed by atoms with Crippen molar-refractivity contribution < 1.29 is 9.53 Å². The molecule has 0 aliphatic carbocycles. The van der Waals surface area contributed by atoms with Gasteiger partial charge in [-0.2, -0.15) is 5.10 Å². The molecule has 8 rings (SSSR count). The van der Waals surface area contributed by atoms with Crippen molar-refractivity contribution in [2.24, 2.45) is 0 Å². The number of hydrogen-bond acceptors (Lipinski definition) is 9. The van der Waals surface area contributed by atoms with E-state index in [2.05, 4.69) is 89.6 Å². The molecule has 2 aliphatic heterocycles. The first-order chi connectivity index (χ1) is 25.1. The van der Waals surface area contributed by atoms with Crippen LogP contribution in [0.1, 0.15) is 35.2 Å². The van der Waals surface area contributed by atoms with Crippen molar-refractivity contribution in [3.63, 3.8) is 0 Å². The summed E-state index contributed by atoms with van der Waals surface area (Å²) in [5.41, 5.74) is 4.55. The van der Waals surface area contributed by atoms with Crippen LogP contribution in [0.2, 0.25) is 0 Å². The number of rotatable bonds is 11. The second-order valence-electron chi connectivity index (χ2n) is 13.5. The lowest BCUT2D eigenvalue weighted by atomic mass is 9.76. The molecule has 0 saturated carbocycles. The minimum Gasteiger partial charge on any atom is -0.496 e. The molecule has 5 heterocycles. The van der Waals surface area contributed by atoms with Crippen LogP contribution in [0.4, 0.5) is 5.95 Å². The van der Waals surface area contributed by atoms with Crippen molar-refractivity contribution in [3.05, 3.63) is 109 Å². The smallest absolute Gasteiger partial charge is 0.257 e. The Morgan fingerprint density at radius 3 is 2.61 bits per heavy atom. The highest BCUT2D eigenvalue weighted by molar-refractivity contribution is 5.98. The maximum absolute atomic E-state index is 14.2. The van der Waals surface area contributed by atoms with E-state index in [1.54, 1.807) is 11.8 Å². The number of tetrazole rings is 1. The fraction of sp³-hybridized carbons (Fsp3) is 0.368. The van der Waals surface area contributed by atoms with E-state index in [9.17, 15) is 4.79 Å². The number of hydrogen-bond donors (Lipinski definition) is 0. The van der Waals surface area contributed by atoms with E-state index in [1.807, 2.05) is 46.2 Å². The Morgan fingerprint density at radius 2 is 1.78 bits per heavy atom. The first-order valence-electron chi connectivity index (χ1n) is 17.8. The van der Waals surface area contributed by atoms with Gasteiger partial charge in [-0.3, -0.25) is 9.48 Å². The van der Waals surface area contributed by atoms with E-state index in [4.69, 9.17) is 9.72 Å². The molecule has 6 aromatic rings. The highest BCUT2D eigenvalue weighted by Gasteiger charge is 2.42. The third-order valence-electron chi connectivity index (χ3n) is 10.6. The van der Waals surface area contributed by atoms with Gasteiger partial charge in [0.1, 0.15) is 12.1 Å². The van der Waals surface area contributed by atoms with Crippen molar-refractivity contribution in [3.8, 4) is 11.4 Å². The zero-order valence-electron chi connectivity index (χ0n) is 29.0. The van der Waals surface area contributed by atoms with Gasteiger partial charge in [0.2, 0.25) is 5.95 Å². The van der Waals surface area contributed by atoms with Gasteiger partial charge in [0.05, 0.1) is 35.9 Å². The Bertz CT molecular complexity index is 2060. The Hall–Kier alpha value is -5.56. The van der Waals surface area contributed by atoms with Crippen LogP contribution in [0, 0.1) is 0 Å². The number of fused-ring (bicyclic) bond motifs is 1. The predicted octanol–water partition coefficient (Wildman–Crippen LogP) is 4.30. The van der Waals surface area contributed by atoms with Gasteiger partial charge in [-0.05, 0) is 84.7 Å². The maximum Gasteiger partial charge on any atom is 0.257 e. The standard InChI is InChI=1S/C38H43N11O2/c1-51-35-14-13-31(49-29-39-42-43-49)27-32(35)36(50)46-22-16-38(28-46,30-9-3-2-4-10-30)15-21-44-18-8-19-45(24-23-44)37-41-33-11-5-6-12-34(33)48(37)26-25-47-20-7-17-40-47/h2-7,9-14,17,20,27,29H,8,15-16,18-19,21-26,28H2,1H3/t38-/m0/s1. The van der Waals surface area contributed by atoms with Crippen LogP contribution in [-0.4, -0.2) is 108 Å². The van der Waals surface area contributed by atoms with E-state index in [0.29, 0.717) is 30.1 Å². The Kier molecular flexibility index (Phi) is 9.18. The molecular formula is C38H43N11O2. The molecule has 1 amide bonds. The summed E-state index contributed by atoms with van der Waals surface area (Å²) in [6.07, 6.45) is 8.28. The minimum atomic E-state index is -0.149. The number of carbonyl (C=O) groups excluding carboxylic acids is 1. The number of aryl methyl sites for hydroxylation is 2. The lowest BCUT2D eigenvalue weighted by molar-refractivity contribution is 0.0777. The Balaban J connectivity index is 0.976. The van der Waals surface area contributed by atoms with Gasteiger partial charge in [0, 0.05) is 57.1 Å². The average Bonchev–Trinajstić information content (AvgIpc) is 4.00. The summed E-state index contributed by atoms with van der Waals surface area (Å²) >= 11 is 0. The van der Waals surface area contributed by atoms with E-state index in [-0.39, 0.29) is 11.3 Å². The Labute approximate surface area is 297 Å². The molecule has 3 aromatic carbocycles. The molecule has 13 heteroatoms. The second kappa shape index (κ2) is 14.4. The molecule has 2 aliphatic rings. The topological polar surface area (TPSA) is 115 Å². The highest BCUT2D eigenvalue weighted by Crippen LogP contribution is 2.39. The van der Waals surface area contributed by atoms with Gasteiger partial charge in [0.25, 0.3) is 5.91 Å². The number of likely N-dealkylation sites (tertiary alicyclic amines) is 1. The average molecular weight is 686 g/mol. The number of carbonyl (C=O) groups is 1. The first kappa shape index (κ1) is 32.6. The zero-order valence-corrected chi connectivity index (χ0v) is 29.0. The fourth-order valence-corrected chi connectivity index (χ4v) is 7.80. The molecule has 2 fully saturated rings. The molecule has 2 saturated heterocycles. The largest absolute Gasteiger partial charge is 0.496 e. The normalized spacial score (nSPS) is 18.4. The van der Waals surface area contributed by atoms with Crippen LogP contribution in [0.25, 0.3) is 16.7 Å². The fourth-order valence-electron chi connectivity index (χ4n) is 7.80. The number of ether oxygens (including phenoxy) is 1. The van der Waals surface area contributed by atoms with Crippen LogP contribution in [0.5, 0.6) is 5.75 Å². The summed E-state index contributed by atoms with van der Waals surface area (Å²) in [6, 6.07) is 26.6. The van der Waals surface area contributed by atoms with Gasteiger partial charge in [-0.1, -0.05) is 42.5 Å². The molecule has 0 bridgehead atoms. The molecule has 0 unspecified atom stereocenters. The summed E-state index contributed by atoms with van der Waals surface area (Å²) in [6.45, 7) is 7.72. The monoisotopic (exact) mass is 685 g/mol. The number of aromatic nitrogens is 8. The van der Waals surface area contributed by atoms with Gasteiger partial charge in [-0.25, -0.2) is 9.67 Å². The number of benzene rings is 3. The number of anilines is 1. The van der Waals surface area contributed by atoms with Gasteiger partial charge in [-0.15, -0.1) is 5.10 Å². The lowest BCUT2D eigenvalue weighted by Gasteiger charge is -2.33. The van der Waals surface area contributed by atoms with Crippen LogP contribution in [0.3, 0.4) is 0 Å². The van der Waals surface area contributed by atoms with E-state index >= 15 is 0 Å². The van der Waals surface area contributed by atoms with Crippen molar-refractivity contribution in [1.29, 1.82) is 0 Å². The first-order valence-corrected chi connectivity index (χ1v) is 17.8. The molecular weight excluding hydrogens is 642 g/mol. The molecule has 51 heavy (non-hydrogen) atoms. The molecule has 13 nitrogen and oxygen atoms in total. The summed E-state index contributed by atoms with van der Waals surface area (Å²) in [7, 11) is 1.60. The summed E-state index contributed by atoms with van der Waals surface area (Å²) < 4.78 is 11.5. The van der Waals surface area contributed by atoms with Gasteiger partial charge in [0.15, 0.2) is 0 Å². The predicted molar refractivity (Wildman–Crippen MR) is 194 cm³/mol. The highest BCUT2D eigenvalue weighted by atomic mass is 16.5. The second-order valence-corrected chi connectivity index (χ2v) is 13.5. The number of methoxy groups -OCH3 is 1. The van der Waals surface area contributed by atoms with Crippen LogP contribution in [-0.2, 0) is 18.5 Å². The van der Waals surface area contributed by atoms with E-state index in [0.717, 1.165) is 82.1 Å². The van der Waals surface area contributed by atoms with Crippen molar-refractivity contribution >= 4 is 22.9 Å². The number of nitrogens with zero attached hydrogens (tertiary/aromatic N) is 11. The number of imidazole rings is 1. The molecule has 0 radical (unpaired) electrons. The van der Waals surface area contributed by atoms with E-state index in [1.165, 1.54) is 11.9 Å². The number of amides is 1. The summed E-state index contributed by atoms with van der Waals surface area (Å²) in [4.78, 5) is 26.3. The third kappa shape index (κ3) is 6.68.